The lowest BCUT2D eigenvalue weighted by Gasteiger charge is -2.10. The van der Waals surface area contributed by atoms with Crippen molar-refractivity contribution in [1.82, 2.24) is 0 Å². The summed E-state index contributed by atoms with van der Waals surface area (Å²) in [5.41, 5.74) is 2.24. The van der Waals surface area contributed by atoms with E-state index in [-0.39, 0.29) is 24.2 Å². The fraction of sp³-hybridized carbons (Fsp3) is 0.136. The highest BCUT2D eigenvalue weighted by molar-refractivity contribution is 6.03. The Balaban J connectivity index is 1.45. The van der Waals surface area contributed by atoms with Gasteiger partial charge < -0.3 is 9.47 Å². The molecule has 0 aliphatic carbocycles. The van der Waals surface area contributed by atoms with Gasteiger partial charge in [0.2, 0.25) is 0 Å². The number of hydrogen-bond donors (Lipinski definition) is 0. The molecule has 3 aromatic rings. The summed E-state index contributed by atoms with van der Waals surface area (Å²) in [6.07, 6.45) is -0.733. The van der Waals surface area contributed by atoms with Gasteiger partial charge in [0.1, 0.15) is 18.5 Å². The van der Waals surface area contributed by atoms with Crippen molar-refractivity contribution >= 4 is 11.5 Å². The van der Waals surface area contributed by atoms with Crippen molar-refractivity contribution in [3.8, 4) is 5.75 Å². The molecular weight excluding hydrogens is 358 g/mol. The van der Waals surface area contributed by atoms with Gasteiger partial charge in [-0.25, -0.2) is 0 Å². The first kappa shape index (κ1) is 17.9. The maximum absolute atomic E-state index is 12.9. The second-order valence-corrected chi connectivity index (χ2v) is 6.46. The lowest BCUT2D eigenvalue weighted by Crippen LogP contribution is -2.10. The van der Waals surface area contributed by atoms with E-state index >= 15 is 0 Å². The molecule has 0 amide bonds. The third-order valence-corrected chi connectivity index (χ3v) is 4.57. The molecule has 0 aromatic heterocycles. The summed E-state index contributed by atoms with van der Waals surface area (Å²) in [6.45, 7) is 0.204. The largest absolute Gasteiger partial charge is 0.488 e. The third kappa shape index (κ3) is 3.77. The monoisotopic (exact) mass is 375 g/mol. The Kier molecular flexibility index (Phi) is 4.87. The number of carbonyl (C=O) groups is 1. The van der Waals surface area contributed by atoms with Gasteiger partial charge >= 0.3 is 0 Å². The fourth-order valence-corrected chi connectivity index (χ4v) is 3.03. The number of benzene rings is 3. The molecule has 0 spiro atoms. The molecule has 0 N–H and O–H groups in total. The van der Waals surface area contributed by atoms with Crippen molar-refractivity contribution in [2.24, 2.45) is 0 Å². The molecule has 6 heteroatoms. The van der Waals surface area contributed by atoms with Gasteiger partial charge in [0.25, 0.3) is 5.69 Å². The number of Topliss-reactive ketones (excluding diaryl/α,β-unsaturated/α-hetero) is 1. The van der Waals surface area contributed by atoms with Gasteiger partial charge in [-0.05, 0) is 35.4 Å². The molecule has 0 bridgehead atoms. The maximum Gasteiger partial charge on any atom is 0.269 e. The average Bonchev–Trinajstić information content (AvgIpc) is 3.54. The molecule has 1 aliphatic heterocycles. The highest BCUT2D eigenvalue weighted by Crippen LogP contribution is 2.41. The maximum atomic E-state index is 12.9. The summed E-state index contributed by atoms with van der Waals surface area (Å²) in [5.74, 6) is 0.348. The van der Waals surface area contributed by atoms with Gasteiger partial charge in [-0.15, -0.1) is 0 Å². The van der Waals surface area contributed by atoms with E-state index < -0.39 is 11.0 Å². The minimum absolute atomic E-state index is 0.0252. The molecule has 0 unspecified atom stereocenters. The standard InChI is InChI=1S/C22H17NO5/c24-20(22-21(28-22)16-6-2-1-3-7-16)18-8-4-5-9-19(18)27-14-15-10-12-17(13-11-15)23(25)26/h1-13,21-22H,14H2/t21-,22+/m0/s1. The van der Waals surface area contributed by atoms with Crippen LogP contribution in [0.5, 0.6) is 5.75 Å². The number of rotatable bonds is 7. The van der Waals surface area contributed by atoms with Crippen LogP contribution < -0.4 is 4.74 Å². The van der Waals surface area contributed by atoms with Crippen LogP contribution in [0.15, 0.2) is 78.9 Å². The Morgan fingerprint density at radius 2 is 1.64 bits per heavy atom. The summed E-state index contributed by atoms with van der Waals surface area (Å²) in [7, 11) is 0. The van der Waals surface area contributed by atoms with Gasteiger partial charge in [-0.1, -0.05) is 42.5 Å². The predicted octanol–water partition coefficient (Wildman–Crippen LogP) is 4.50. The molecule has 6 nitrogen and oxygen atoms in total. The van der Waals surface area contributed by atoms with E-state index in [1.165, 1.54) is 12.1 Å². The SMILES string of the molecule is O=C(c1ccccc1OCc1ccc([N+](=O)[O-])cc1)[C@H]1O[C@H]1c1ccccc1. The highest BCUT2D eigenvalue weighted by Gasteiger charge is 2.46. The van der Waals surface area contributed by atoms with E-state index in [0.29, 0.717) is 11.3 Å². The first-order chi connectivity index (χ1) is 13.6. The van der Waals surface area contributed by atoms with Gasteiger partial charge in [0, 0.05) is 12.1 Å². The van der Waals surface area contributed by atoms with E-state index in [2.05, 4.69) is 0 Å². The van der Waals surface area contributed by atoms with Gasteiger partial charge in [0.05, 0.1) is 10.5 Å². The van der Waals surface area contributed by atoms with E-state index in [1.807, 2.05) is 30.3 Å². The first-order valence-electron chi connectivity index (χ1n) is 8.83. The van der Waals surface area contributed by atoms with E-state index in [1.54, 1.807) is 36.4 Å². The van der Waals surface area contributed by atoms with Crippen LogP contribution in [-0.2, 0) is 11.3 Å². The number of ether oxygens (including phenoxy) is 2. The quantitative estimate of drug-likeness (QED) is 0.263. The van der Waals surface area contributed by atoms with E-state index in [4.69, 9.17) is 9.47 Å². The van der Waals surface area contributed by atoms with Crippen molar-refractivity contribution < 1.29 is 19.2 Å². The Morgan fingerprint density at radius 1 is 0.964 bits per heavy atom. The van der Waals surface area contributed by atoms with E-state index in [9.17, 15) is 14.9 Å². The minimum Gasteiger partial charge on any atom is -0.488 e. The molecule has 1 saturated heterocycles. The number of hydrogen-bond acceptors (Lipinski definition) is 5. The van der Waals surface area contributed by atoms with Crippen molar-refractivity contribution in [2.75, 3.05) is 0 Å². The minimum atomic E-state index is -0.508. The van der Waals surface area contributed by atoms with Crippen molar-refractivity contribution in [2.45, 2.75) is 18.8 Å². The zero-order valence-corrected chi connectivity index (χ0v) is 14.9. The van der Waals surface area contributed by atoms with Crippen LogP contribution in [0.2, 0.25) is 0 Å². The normalized spacial score (nSPS) is 17.7. The predicted molar refractivity (Wildman–Crippen MR) is 102 cm³/mol. The molecule has 4 rings (SSSR count). The fourth-order valence-electron chi connectivity index (χ4n) is 3.03. The summed E-state index contributed by atoms with van der Waals surface area (Å²) in [5, 5.41) is 10.7. The summed E-state index contributed by atoms with van der Waals surface area (Å²) in [4.78, 5) is 23.2. The summed E-state index contributed by atoms with van der Waals surface area (Å²) >= 11 is 0. The molecule has 140 valence electrons. The number of non-ortho nitro benzene ring substituents is 1. The van der Waals surface area contributed by atoms with Crippen LogP contribution in [0.1, 0.15) is 27.6 Å². The van der Waals surface area contributed by atoms with Crippen LogP contribution in [0, 0.1) is 10.1 Å². The van der Waals surface area contributed by atoms with Crippen LogP contribution >= 0.6 is 0 Å². The summed E-state index contributed by atoms with van der Waals surface area (Å²) in [6, 6.07) is 22.8. The molecule has 1 fully saturated rings. The van der Waals surface area contributed by atoms with Crippen molar-refractivity contribution in [3.63, 3.8) is 0 Å². The smallest absolute Gasteiger partial charge is 0.269 e. The number of para-hydroxylation sites is 1. The molecule has 0 saturated carbocycles. The molecule has 1 aliphatic rings. The lowest BCUT2D eigenvalue weighted by atomic mass is 10.0. The molecule has 2 atom stereocenters. The lowest BCUT2D eigenvalue weighted by molar-refractivity contribution is -0.384. The number of nitro benzene ring substituents is 1. The van der Waals surface area contributed by atoms with Crippen LogP contribution in [0.3, 0.4) is 0 Å². The van der Waals surface area contributed by atoms with Crippen molar-refractivity contribution in [1.29, 1.82) is 0 Å². The van der Waals surface area contributed by atoms with Crippen LogP contribution in [-0.4, -0.2) is 16.8 Å². The second-order valence-electron chi connectivity index (χ2n) is 6.46. The third-order valence-electron chi connectivity index (χ3n) is 4.57. The Labute approximate surface area is 161 Å². The Morgan fingerprint density at radius 3 is 2.36 bits per heavy atom. The van der Waals surface area contributed by atoms with Gasteiger partial charge in [-0.2, -0.15) is 0 Å². The zero-order valence-electron chi connectivity index (χ0n) is 14.9. The van der Waals surface area contributed by atoms with Crippen LogP contribution in [0.4, 0.5) is 5.69 Å². The Bertz CT molecular complexity index is 1000. The number of nitrogens with zero attached hydrogens (tertiary/aromatic N) is 1. The first-order valence-corrected chi connectivity index (χ1v) is 8.83. The van der Waals surface area contributed by atoms with Crippen LogP contribution in [0.25, 0.3) is 0 Å². The summed E-state index contributed by atoms with van der Waals surface area (Å²) < 4.78 is 11.4. The molecule has 0 radical (unpaired) electrons. The molecule has 3 aromatic carbocycles. The number of nitro groups is 1. The average molecular weight is 375 g/mol. The van der Waals surface area contributed by atoms with Gasteiger partial charge in [-0.3, -0.25) is 14.9 Å². The highest BCUT2D eigenvalue weighted by atomic mass is 16.6. The molecule has 28 heavy (non-hydrogen) atoms. The number of carbonyl (C=O) groups excluding carboxylic acids is 1. The van der Waals surface area contributed by atoms with Gasteiger partial charge in [0.15, 0.2) is 11.9 Å². The van der Waals surface area contributed by atoms with E-state index in [0.717, 1.165) is 11.1 Å². The molecule has 1 heterocycles. The number of epoxide rings is 1. The topological polar surface area (TPSA) is 82.0 Å². The molecular formula is C22H17NO5. The Hall–Kier alpha value is -3.51. The number of ketones is 1. The van der Waals surface area contributed by atoms with Crippen molar-refractivity contribution in [3.05, 3.63) is 106 Å². The zero-order chi connectivity index (χ0) is 19.5. The second kappa shape index (κ2) is 7.62.